The summed E-state index contributed by atoms with van der Waals surface area (Å²) < 4.78 is 0. The van der Waals surface area contributed by atoms with Gasteiger partial charge in [0.1, 0.15) is 5.56 Å². The molecule has 0 aliphatic heterocycles. The third kappa shape index (κ3) is 6.27. The number of carboxylic acid groups (broad SMARTS) is 1. The Hall–Kier alpha value is -4.78. The number of carbonyl (C=O) groups excluding carboxylic acids is 2. The van der Waals surface area contributed by atoms with Gasteiger partial charge in [0.15, 0.2) is 0 Å². The molecule has 1 atom stereocenters. The number of aromatic nitrogens is 2. The number of hydrogen-bond acceptors (Lipinski definition) is 7. The van der Waals surface area contributed by atoms with Crippen molar-refractivity contribution >= 4 is 17.8 Å². The Bertz CT molecular complexity index is 1390. The van der Waals surface area contributed by atoms with E-state index in [-0.39, 0.29) is 17.9 Å². The van der Waals surface area contributed by atoms with Gasteiger partial charge in [-0.1, -0.05) is 37.3 Å². The van der Waals surface area contributed by atoms with Gasteiger partial charge in [-0.3, -0.25) is 14.4 Å². The first-order valence-electron chi connectivity index (χ1n) is 11.4. The van der Waals surface area contributed by atoms with E-state index in [1.807, 2.05) is 43.3 Å². The first kappa shape index (κ1) is 26.8. The average Bonchev–Trinajstić information content (AvgIpc) is 2.86. The number of rotatable bonds is 8. The van der Waals surface area contributed by atoms with Gasteiger partial charge < -0.3 is 20.8 Å². The van der Waals surface area contributed by atoms with Crippen molar-refractivity contribution in [2.75, 3.05) is 6.54 Å². The van der Waals surface area contributed by atoms with E-state index >= 15 is 0 Å². The normalized spacial score (nSPS) is 11.8. The summed E-state index contributed by atoms with van der Waals surface area (Å²) >= 11 is 0. The second kappa shape index (κ2) is 10.9. The lowest BCUT2D eigenvalue weighted by molar-refractivity contribution is -0.140. The lowest BCUT2D eigenvalue weighted by Gasteiger charge is -2.27. The predicted octanol–water partition coefficient (Wildman–Crippen LogP) is 3.14. The highest BCUT2D eigenvalue weighted by Gasteiger charge is 2.26. The van der Waals surface area contributed by atoms with Gasteiger partial charge in [-0.15, -0.1) is 0 Å². The minimum absolute atomic E-state index is 0.141. The van der Waals surface area contributed by atoms with E-state index in [1.54, 1.807) is 19.9 Å². The Labute approximate surface area is 214 Å². The number of aliphatic carboxylic acids is 1. The minimum atomic E-state index is -1.07. The number of benzene rings is 2. The highest BCUT2D eigenvalue weighted by atomic mass is 16.4. The summed E-state index contributed by atoms with van der Waals surface area (Å²) in [7, 11) is 0. The second-order valence-corrected chi connectivity index (χ2v) is 9.18. The van der Waals surface area contributed by atoms with Gasteiger partial charge in [0, 0.05) is 12.7 Å². The van der Waals surface area contributed by atoms with Crippen molar-refractivity contribution < 1.29 is 24.6 Å². The SMILES string of the molecule is Cc1cc(C#N)ccc1-c1ccc(C(C)(C)NC(=O)c2cnc(C(=O)NC[C@H](C)C(=O)O)nc2O)cc1. The maximum atomic E-state index is 12.9. The number of nitriles is 1. The van der Waals surface area contributed by atoms with Crippen LogP contribution in [0.2, 0.25) is 0 Å². The number of amides is 2. The molecule has 3 rings (SSSR count). The summed E-state index contributed by atoms with van der Waals surface area (Å²) in [6.07, 6.45) is 1.04. The molecule has 2 amide bonds. The molecule has 2 aromatic carbocycles. The number of carbonyl (C=O) groups is 3. The summed E-state index contributed by atoms with van der Waals surface area (Å²) in [6.45, 7) is 6.83. The molecule has 1 heterocycles. The fourth-order valence-corrected chi connectivity index (χ4v) is 3.60. The van der Waals surface area contributed by atoms with Crippen molar-refractivity contribution in [1.82, 2.24) is 20.6 Å². The van der Waals surface area contributed by atoms with Crippen LogP contribution in [0.25, 0.3) is 11.1 Å². The van der Waals surface area contributed by atoms with Gasteiger partial charge in [-0.2, -0.15) is 10.2 Å². The lowest BCUT2D eigenvalue weighted by Crippen LogP contribution is -2.41. The summed E-state index contributed by atoms with van der Waals surface area (Å²) in [4.78, 5) is 43.4. The highest BCUT2D eigenvalue weighted by Crippen LogP contribution is 2.28. The molecule has 3 aromatic rings. The first-order valence-corrected chi connectivity index (χ1v) is 11.4. The quantitative estimate of drug-likeness (QED) is 0.365. The van der Waals surface area contributed by atoms with Crippen LogP contribution in [-0.4, -0.2) is 44.5 Å². The van der Waals surface area contributed by atoms with Crippen LogP contribution >= 0.6 is 0 Å². The number of aromatic hydroxyl groups is 1. The second-order valence-electron chi connectivity index (χ2n) is 9.18. The van der Waals surface area contributed by atoms with Crippen LogP contribution in [0.1, 0.15) is 58.4 Å². The number of nitrogens with zero attached hydrogens (tertiary/aromatic N) is 3. The molecular weight excluding hydrogens is 474 g/mol. The van der Waals surface area contributed by atoms with E-state index in [0.29, 0.717) is 5.56 Å². The van der Waals surface area contributed by atoms with Crippen LogP contribution in [-0.2, 0) is 10.3 Å². The summed E-state index contributed by atoms with van der Waals surface area (Å²) in [5.74, 6) is -4.36. The van der Waals surface area contributed by atoms with Crippen molar-refractivity contribution in [3.05, 3.63) is 76.7 Å². The highest BCUT2D eigenvalue weighted by molar-refractivity contribution is 5.97. The van der Waals surface area contributed by atoms with Crippen LogP contribution in [0.4, 0.5) is 0 Å². The summed E-state index contributed by atoms with van der Waals surface area (Å²) in [5, 5.41) is 33.4. The Morgan fingerprint density at radius 1 is 1.11 bits per heavy atom. The molecule has 0 radical (unpaired) electrons. The van der Waals surface area contributed by atoms with E-state index in [0.717, 1.165) is 28.5 Å². The zero-order chi connectivity index (χ0) is 27.3. The summed E-state index contributed by atoms with van der Waals surface area (Å²) in [5.41, 5.74) is 3.29. The van der Waals surface area contributed by atoms with Crippen LogP contribution in [0.15, 0.2) is 48.7 Å². The zero-order valence-electron chi connectivity index (χ0n) is 20.9. The van der Waals surface area contributed by atoms with E-state index < -0.39 is 35.1 Å². The maximum absolute atomic E-state index is 12.9. The van der Waals surface area contributed by atoms with Crippen LogP contribution in [0, 0.1) is 24.2 Å². The van der Waals surface area contributed by atoms with Crippen molar-refractivity contribution in [2.45, 2.75) is 33.2 Å². The molecule has 0 saturated heterocycles. The molecule has 4 N–H and O–H groups in total. The number of nitrogens with one attached hydrogen (secondary N) is 2. The van der Waals surface area contributed by atoms with Gasteiger partial charge in [0.05, 0.1) is 23.1 Å². The molecule has 0 bridgehead atoms. The fourth-order valence-electron chi connectivity index (χ4n) is 3.60. The summed E-state index contributed by atoms with van der Waals surface area (Å²) in [6, 6.07) is 15.2. The predicted molar refractivity (Wildman–Crippen MR) is 135 cm³/mol. The van der Waals surface area contributed by atoms with Gasteiger partial charge in [-0.05, 0) is 55.2 Å². The molecule has 1 aromatic heterocycles. The Morgan fingerprint density at radius 3 is 2.35 bits per heavy atom. The van der Waals surface area contributed by atoms with Crippen LogP contribution < -0.4 is 10.6 Å². The molecule has 0 aliphatic rings. The van der Waals surface area contributed by atoms with Crippen molar-refractivity contribution in [2.24, 2.45) is 5.92 Å². The standard InChI is InChI=1S/C27H27N5O5/c1-15-11-17(12-28)5-10-20(15)18-6-8-19(9-7-18)27(3,4)32-24(34)21-14-29-22(31-23(21)33)25(35)30-13-16(2)26(36)37/h5-11,14,16H,13H2,1-4H3,(H,30,35)(H,32,34)(H,36,37)(H,29,31,33)/t16-/m0/s1. The maximum Gasteiger partial charge on any atom is 0.308 e. The topological polar surface area (TPSA) is 165 Å². The first-order chi connectivity index (χ1) is 17.4. The van der Waals surface area contributed by atoms with Crippen molar-refractivity contribution in [3.8, 4) is 23.1 Å². The molecule has 37 heavy (non-hydrogen) atoms. The molecule has 10 heteroatoms. The average molecular weight is 502 g/mol. The Morgan fingerprint density at radius 2 is 1.78 bits per heavy atom. The minimum Gasteiger partial charge on any atom is -0.493 e. The van der Waals surface area contributed by atoms with Crippen molar-refractivity contribution in [3.63, 3.8) is 0 Å². The van der Waals surface area contributed by atoms with Gasteiger partial charge in [-0.25, -0.2) is 4.98 Å². The molecule has 0 fully saturated rings. The Balaban J connectivity index is 1.72. The van der Waals surface area contributed by atoms with Crippen LogP contribution in [0.3, 0.4) is 0 Å². The zero-order valence-corrected chi connectivity index (χ0v) is 20.9. The largest absolute Gasteiger partial charge is 0.493 e. The van der Waals surface area contributed by atoms with Gasteiger partial charge >= 0.3 is 5.97 Å². The molecular formula is C27H27N5O5. The van der Waals surface area contributed by atoms with Gasteiger partial charge in [0.2, 0.25) is 11.7 Å². The molecule has 0 unspecified atom stereocenters. The van der Waals surface area contributed by atoms with Crippen molar-refractivity contribution in [1.29, 1.82) is 5.26 Å². The third-order valence-corrected chi connectivity index (χ3v) is 5.91. The number of hydrogen-bond donors (Lipinski definition) is 4. The molecule has 0 spiro atoms. The third-order valence-electron chi connectivity index (χ3n) is 5.91. The fraction of sp³-hybridized carbons (Fsp3) is 0.259. The van der Waals surface area contributed by atoms with E-state index in [1.165, 1.54) is 6.92 Å². The Kier molecular flexibility index (Phi) is 7.88. The van der Waals surface area contributed by atoms with Crippen LogP contribution in [0.5, 0.6) is 5.88 Å². The number of carboxylic acids is 1. The molecule has 0 saturated carbocycles. The van der Waals surface area contributed by atoms with E-state index in [4.69, 9.17) is 10.4 Å². The van der Waals surface area contributed by atoms with E-state index in [2.05, 4.69) is 26.7 Å². The molecule has 0 aliphatic carbocycles. The van der Waals surface area contributed by atoms with Gasteiger partial charge in [0.25, 0.3) is 11.8 Å². The monoisotopic (exact) mass is 501 g/mol. The smallest absolute Gasteiger partial charge is 0.308 e. The molecule has 10 nitrogen and oxygen atoms in total. The number of aryl methyl sites for hydroxylation is 1. The molecule has 190 valence electrons. The lowest BCUT2D eigenvalue weighted by atomic mass is 9.91. The van der Waals surface area contributed by atoms with E-state index in [9.17, 15) is 19.5 Å².